The molecule has 0 heterocycles. The van der Waals surface area contributed by atoms with Gasteiger partial charge in [0.15, 0.2) is 0 Å². The predicted molar refractivity (Wildman–Crippen MR) is 83.4 cm³/mol. The third kappa shape index (κ3) is 3.33. The van der Waals surface area contributed by atoms with Gasteiger partial charge in [-0.1, -0.05) is 47.5 Å². The number of halogens is 2. The molecular formula is C16H15Cl2NO. The summed E-state index contributed by atoms with van der Waals surface area (Å²) in [5.41, 5.74) is 0.854. The van der Waals surface area contributed by atoms with E-state index in [-0.39, 0.29) is 5.91 Å². The summed E-state index contributed by atoms with van der Waals surface area (Å²) in [7, 11) is 0. The van der Waals surface area contributed by atoms with E-state index in [2.05, 4.69) is 5.32 Å². The topological polar surface area (TPSA) is 29.1 Å². The van der Waals surface area contributed by atoms with Crippen molar-refractivity contribution in [3.63, 3.8) is 0 Å². The molecule has 2 nitrogen and oxygen atoms in total. The third-order valence-electron chi connectivity index (χ3n) is 3.07. The maximum absolute atomic E-state index is 12.2. The molecular weight excluding hydrogens is 293 g/mol. The zero-order valence-corrected chi connectivity index (χ0v) is 12.8. The fourth-order valence-electron chi connectivity index (χ4n) is 2.01. The molecule has 0 spiro atoms. The van der Waals surface area contributed by atoms with E-state index in [0.717, 1.165) is 5.56 Å². The van der Waals surface area contributed by atoms with Crippen LogP contribution in [0.25, 0.3) is 0 Å². The Morgan fingerprint density at radius 1 is 1.05 bits per heavy atom. The highest BCUT2D eigenvalue weighted by Crippen LogP contribution is 2.30. The van der Waals surface area contributed by atoms with Gasteiger partial charge in [-0.05, 0) is 43.7 Å². The van der Waals surface area contributed by atoms with Crippen molar-refractivity contribution in [2.45, 2.75) is 19.4 Å². The quantitative estimate of drug-likeness (QED) is 0.878. The van der Waals surface area contributed by atoms with E-state index in [4.69, 9.17) is 23.2 Å². The van der Waals surface area contributed by atoms with Gasteiger partial charge >= 0.3 is 0 Å². The van der Waals surface area contributed by atoms with Gasteiger partial charge < -0.3 is 5.32 Å². The second-order valence-electron chi connectivity index (χ2n) is 5.07. The highest BCUT2D eigenvalue weighted by Gasteiger charge is 2.25. The number of amides is 1. The van der Waals surface area contributed by atoms with Crippen molar-refractivity contribution in [3.05, 3.63) is 69.7 Å². The molecule has 0 aliphatic carbocycles. The second-order valence-corrected chi connectivity index (χ2v) is 5.91. The number of benzene rings is 2. The van der Waals surface area contributed by atoms with Crippen molar-refractivity contribution >= 4 is 29.1 Å². The summed E-state index contributed by atoms with van der Waals surface area (Å²) in [6.07, 6.45) is 0. The lowest BCUT2D eigenvalue weighted by Gasteiger charge is -2.28. The maximum atomic E-state index is 12.2. The SMILES string of the molecule is CC(C)(NC(=O)c1ccccc1)c1ccc(Cl)cc1Cl. The summed E-state index contributed by atoms with van der Waals surface area (Å²) < 4.78 is 0. The van der Waals surface area contributed by atoms with Crippen LogP contribution in [0.2, 0.25) is 10.0 Å². The molecule has 0 aliphatic rings. The molecule has 1 amide bonds. The first-order valence-corrected chi connectivity index (χ1v) is 6.99. The van der Waals surface area contributed by atoms with Crippen molar-refractivity contribution in [2.24, 2.45) is 0 Å². The molecule has 4 heteroatoms. The first-order chi connectivity index (χ1) is 9.40. The minimum Gasteiger partial charge on any atom is -0.343 e. The minimum atomic E-state index is -0.589. The van der Waals surface area contributed by atoms with Gasteiger partial charge in [0.2, 0.25) is 0 Å². The molecule has 20 heavy (non-hydrogen) atoms. The number of hydrogen-bond donors (Lipinski definition) is 1. The molecule has 2 aromatic rings. The number of nitrogens with one attached hydrogen (secondary N) is 1. The van der Waals surface area contributed by atoms with E-state index in [9.17, 15) is 4.79 Å². The molecule has 0 bridgehead atoms. The lowest BCUT2D eigenvalue weighted by Crippen LogP contribution is -2.41. The van der Waals surface area contributed by atoms with Gasteiger partial charge in [-0.3, -0.25) is 4.79 Å². The first-order valence-electron chi connectivity index (χ1n) is 6.23. The molecule has 0 aliphatic heterocycles. The van der Waals surface area contributed by atoms with Crippen LogP contribution in [-0.2, 0) is 5.54 Å². The molecule has 0 unspecified atom stereocenters. The largest absolute Gasteiger partial charge is 0.343 e. The second kappa shape index (κ2) is 5.86. The van der Waals surface area contributed by atoms with Crippen LogP contribution in [0.3, 0.4) is 0 Å². The van der Waals surface area contributed by atoms with Crippen molar-refractivity contribution in [1.29, 1.82) is 0 Å². The van der Waals surface area contributed by atoms with E-state index < -0.39 is 5.54 Å². The average molecular weight is 308 g/mol. The van der Waals surface area contributed by atoms with E-state index in [0.29, 0.717) is 15.6 Å². The highest BCUT2D eigenvalue weighted by atomic mass is 35.5. The number of hydrogen-bond acceptors (Lipinski definition) is 1. The average Bonchev–Trinajstić information content (AvgIpc) is 2.38. The summed E-state index contributed by atoms with van der Waals surface area (Å²) in [4.78, 5) is 12.2. The van der Waals surface area contributed by atoms with Gasteiger partial charge in [0.05, 0.1) is 5.54 Å². The Morgan fingerprint density at radius 2 is 1.70 bits per heavy atom. The Morgan fingerprint density at radius 3 is 2.30 bits per heavy atom. The molecule has 0 aromatic heterocycles. The van der Waals surface area contributed by atoms with Crippen LogP contribution in [0.4, 0.5) is 0 Å². The molecule has 104 valence electrons. The summed E-state index contributed by atoms with van der Waals surface area (Å²) in [5, 5.41) is 4.09. The normalized spacial score (nSPS) is 11.2. The zero-order chi connectivity index (χ0) is 14.8. The van der Waals surface area contributed by atoms with E-state index in [1.807, 2.05) is 38.1 Å². The Kier molecular flexibility index (Phi) is 4.36. The fourth-order valence-corrected chi connectivity index (χ4v) is 2.65. The van der Waals surface area contributed by atoms with Crippen molar-refractivity contribution in [3.8, 4) is 0 Å². The Labute approximate surface area is 128 Å². The van der Waals surface area contributed by atoms with Crippen LogP contribution in [0.5, 0.6) is 0 Å². The summed E-state index contributed by atoms with van der Waals surface area (Å²) in [6.45, 7) is 3.81. The molecule has 0 saturated heterocycles. The van der Waals surface area contributed by atoms with Gasteiger partial charge in [0, 0.05) is 15.6 Å². The molecule has 0 saturated carbocycles. The number of rotatable bonds is 3. The van der Waals surface area contributed by atoms with Crippen LogP contribution < -0.4 is 5.32 Å². The number of carbonyl (C=O) groups excluding carboxylic acids is 1. The van der Waals surface area contributed by atoms with Crippen LogP contribution in [0, 0.1) is 0 Å². The van der Waals surface area contributed by atoms with Crippen LogP contribution in [-0.4, -0.2) is 5.91 Å². The molecule has 1 N–H and O–H groups in total. The molecule has 0 fully saturated rings. The third-order valence-corrected chi connectivity index (χ3v) is 3.61. The van der Waals surface area contributed by atoms with Crippen LogP contribution >= 0.6 is 23.2 Å². The minimum absolute atomic E-state index is 0.137. The lowest BCUT2D eigenvalue weighted by atomic mass is 9.93. The standard InChI is InChI=1S/C16H15Cl2NO/c1-16(2,13-9-8-12(17)10-14(13)18)19-15(20)11-6-4-3-5-7-11/h3-10H,1-2H3,(H,19,20). The van der Waals surface area contributed by atoms with Crippen LogP contribution in [0.1, 0.15) is 29.8 Å². The molecule has 2 rings (SSSR count). The molecule has 2 aromatic carbocycles. The Balaban J connectivity index is 2.25. The van der Waals surface area contributed by atoms with Crippen molar-refractivity contribution in [2.75, 3.05) is 0 Å². The van der Waals surface area contributed by atoms with Crippen molar-refractivity contribution < 1.29 is 4.79 Å². The fraction of sp³-hybridized carbons (Fsp3) is 0.188. The molecule has 0 radical (unpaired) electrons. The Bertz CT molecular complexity index is 624. The van der Waals surface area contributed by atoms with E-state index in [1.165, 1.54) is 0 Å². The van der Waals surface area contributed by atoms with Gasteiger partial charge in [-0.25, -0.2) is 0 Å². The highest BCUT2D eigenvalue weighted by molar-refractivity contribution is 6.35. The van der Waals surface area contributed by atoms with Gasteiger partial charge in [-0.15, -0.1) is 0 Å². The lowest BCUT2D eigenvalue weighted by molar-refractivity contribution is 0.0912. The maximum Gasteiger partial charge on any atom is 0.251 e. The first kappa shape index (κ1) is 14.9. The van der Waals surface area contributed by atoms with Crippen molar-refractivity contribution in [1.82, 2.24) is 5.32 Å². The van der Waals surface area contributed by atoms with E-state index in [1.54, 1.807) is 24.3 Å². The smallest absolute Gasteiger partial charge is 0.251 e. The Hall–Kier alpha value is -1.51. The zero-order valence-electron chi connectivity index (χ0n) is 11.3. The van der Waals surface area contributed by atoms with E-state index >= 15 is 0 Å². The monoisotopic (exact) mass is 307 g/mol. The van der Waals surface area contributed by atoms with Gasteiger partial charge in [-0.2, -0.15) is 0 Å². The number of carbonyl (C=O) groups is 1. The summed E-state index contributed by atoms with van der Waals surface area (Å²) >= 11 is 12.1. The molecule has 0 atom stereocenters. The van der Waals surface area contributed by atoms with Gasteiger partial charge in [0.1, 0.15) is 0 Å². The predicted octanol–water partition coefficient (Wildman–Crippen LogP) is 4.66. The van der Waals surface area contributed by atoms with Crippen LogP contribution in [0.15, 0.2) is 48.5 Å². The van der Waals surface area contributed by atoms with Gasteiger partial charge in [0.25, 0.3) is 5.91 Å². The summed E-state index contributed by atoms with van der Waals surface area (Å²) in [5.74, 6) is -0.137. The summed E-state index contributed by atoms with van der Waals surface area (Å²) in [6, 6.07) is 14.3.